The fraction of sp³-hybridized carbons (Fsp3) is 0.412. The molecule has 0 aromatic carbocycles. The predicted octanol–water partition coefficient (Wildman–Crippen LogP) is 1.53. The van der Waals surface area contributed by atoms with E-state index in [2.05, 4.69) is 15.4 Å². The zero-order valence-electron chi connectivity index (χ0n) is 13.8. The van der Waals surface area contributed by atoms with Crippen molar-refractivity contribution in [3.63, 3.8) is 0 Å². The molecule has 2 aromatic heterocycles. The smallest absolute Gasteiger partial charge is 0.227 e. The van der Waals surface area contributed by atoms with Crippen molar-refractivity contribution in [2.75, 3.05) is 11.4 Å². The molecule has 2 aromatic rings. The van der Waals surface area contributed by atoms with Crippen LogP contribution in [0.25, 0.3) is 0 Å². The van der Waals surface area contributed by atoms with E-state index in [-0.39, 0.29) is 30.2 Å². The fourth-order valence-electron chi connectivity index (χ4n) is 2.72. The third kappa shape index (κ3) is 3.45. The number of amides is 2. The minimum Gasteiger partial charge on any atom is -0.352 e. The quantitative estimate of drug-likeness (QED) is 0.903. The van der Waals surface area contributed by atoms with E-state index in [9.17, 15) is 9.59 Å². The van der Waals surface area contributed by atoms with Crippen molar-refractivity contribution in [3.8, 4) is 0 Å². The third-order valence-electron chi connectivity index (χ3n) is 4.11. The van der Waals surface area contributed by atoms with Crippen LogP contribution < -0.4 is 10.2 Å². The van der Waals surface area contributed by atoms with Gasteiger partial charge in [0.15, 0.2) is 0 Å². The summed E-state index contributed by atoms with van der Waals surface area (Å²) in [6, 6.07) is 3.96. The second-order valence-electron chi connectivity index (χ2n) is 6.26. The Bertz CT molecular complexity index is 726. The number of nitrogens with zero attached hydrogens (tertiary/aromatic N) is 4. The van der Waals surface area contributed by atoms with Crippen LogP contribution in [-0.2, 0) is 16.1 Å². The van der Waals surface area contributed by atoms with Gasteiger partial charge in [0, 0.05) is 44.1 Å². The lowest BCUT2D eigenvalue weighted by molar-refractivity contribution is -0.126. The number of aromatic nitrogens is 3. The molecule has 2 amide bonds. The van der Waals surface area contributed by atoms with Crippen molar-refractivity contribution in [1.29, 1.82) is 0 Å². The van der Waals surface area contributed by atoms with Gasteiger partial charge in [0.05, 0.1) is 17.8 Å². The maximum Gasteiger partial charge on any atom is 0.227 e. The van der Waals surface area contributed by atoms with E-state index in [4.69, 9.17) is 0 Å². The zero-order valence-corrected chi connectivity index (χ0v) is 13.8. The summed E-state index contributed by atoms with van der Waals surface area (Å²) in [5, 5.41) is 7.13. The summed E-state index contributed by atoms with van der Waals surface area (Å²) in [5.74, 6) is -0.484. The van der Waals surface area contributed by atoms with Crippen molar-refractivity contribution >= 4 is 17.5 Å². The van der Waals surface area contributed by atoms with Gasteiger partial charge in [0.25, 0.3) is 0 Å². The number of nitrogens with one attached hydrogen (secondary N) is 1. The van der Waals surface area contributed by atoms with E-state index in [1.807, 2.05) is 32.2 Å². The molecule has 0 radical (unpaired) electrons. The average Bonchev–Trinajstić information content (AvgIpc) is 3.20. The second-order valence-corrected chi connectivity index (χ2v) is 6.26. The van der Waals surface area contributed by atoms with Gasteiger partial charge < -0.3 is 10.2 Å². The Labute approximate surface area is 140 Å². The van der Waals surface area contributed by atoms with E-state index < -0.39 is 0 Å². The van der Waals surface area contributed by atoms with Crippen molar-refractivity contribution < 1.29 is 9.59 Å². The molecule has 7 nitrogen and oxygen atoms in total. The number of rotatable bonds is 5. The highest BCUT2D eigenvalue weighted by Crippen LogP contribution is 2.25. The standard InChI is InChI=1S/C17H21N5O2/c1-12(2)22-11-15(9-20-22)21-10-14(6-16(21)23)17(24)19-8-13-4-3-5-18-7-13/h3-5,7,9,11-12,14H,6,8,10H2,1-2H3,(H,19,24)/t14-/m0/s1. The number of hydrogen-bond donors (Lipinski definition) is 1. The summed E-state index contributed by atoms with van der Waals surface area (Å²) in [6.07, 6.45) is 7.15. The van der Waals surface area contributed by atoms with Crippen molar-refractivity contribution in [3.05, 3.63) is 42.5 Å². The molecule has 1 aliphatic heterocycles. The molecule has 0 bridgehead atoms. The van der Waals surface area contributed by atoms with E-state index in [1.165, 1.54) is 0 Å². The first kappa shape index (κ1) is 16.2. The lowest BCUT2D eigenvalue weighted by Gasteiger charge is -2.14. The van der Waals surface area contributed by atoms with Gasteiger partial charge >= 0.3 is 0 Å². The molecular weight excluding hydrogens is 306 g/mol. The van der Waals surface area contributed by atoms with Gasteiger partial charge in [0.1, 0.15) is 0 Å². The third-order valence-corrected chi connectivity index (χ3v) is 4.11. The SMILES string of the molecule is CC(C)n1cc(N2C[C@@H](C(=O)NCc3cccnc3)CC2=O)cn1. The predicted molar refractivity (Wildman–Crippen MR) is 89.2 cm³/mol. The molecule has 1 fully saturated rings. The van der Waals surface area contributed by atoms with Crippen LogP contribution in [0.3, 0.4) is 0 Å². The van der Waals surface area contributed by atoms with Crippen LogP contribution in [0, 0.1) is 5.92 Å². The highest BCUT2D eigenvalue weighted by atomic mass is 16.2. The van der Waals surface area contributed by atoms with Gasteiger partial charge in [-0.05, 0) is 25.5 Å². The number of pyridine rings is 1. The second kappa shape index (κ2) is 6.82. The number of carbonyl (C=O) groups is 2. The molecule has 1 saturated heterocycles. The van der Waals surface area contributed by atoms with Crippen LogP contribution >= 0.6 is 0 Å². The minimum atomic E-state index is -0.337. The molecule has 126 valence electrons. The Morgan fingerprint density at radius 3 is 2.92 bits per heavy atom. The molecule has 1 N–H and O–H groups in total. The van der Waals surface area contributed by atoms with Crippen LogP contribution in [0.1, 0.15) is 31.9 Å². The maximum absolute atomic E-state index is 12.3. The lowest BCUT2D eigenvalue weighted by atomic mass is 10.1. The Kier molecular flexibility index (Phi) is 4.59. The molecule has 1 atom stereocenters. The number of carbonyl (C=O) groups excluding carboxylic acids is 2. The van der Waals surface area contributed by atoms with Crippen LogP contribution in [0.4, 0.5) is 5.69 Å². The molecule has 24 heavy (non-hydrogen) atoms. The highest BCUT2D eigenvalue weighted by Gasteiger charge is 2.35. The van der Waals surface area contributed by atoms with Crippen LogP contribution in [0.15, 0.2) is 36.9 Å². The molecule has 7 heteroatoms. The first-order valence-electron chi connectivity index (χ1n) is 8.05. The van der Waals surface area contributed by atoms with Crippen LogP contribution in [0.5, 0.6) is 0 Å². The van der Waals surface area contributed by atoms with Gasteiger partial charge in [-0.1, -0.05) is 6.07 Å². The minimum absolute atomic E-state index is 0.0418. The van der Waals surface area contributed by atoms with Crippen LogP contribution in [0.2, 0.25) is 0 Å². The van der Waals surface area contributed by atoms with E-state index in [0.717, 1.165) is 11.3 Å². The van der Waals surface area contributed by atoms with Gasteiger partial charge in [-0.25, -0.2) is 0 Å². The van der Waals surface area contributed by atoms with E-state index in [1.54, 1.807) is 28.2 Å². The summed E-state index contributed by atoms with van der Waals surface area (Å²) < 4.78 is 1.80. The number of anilines is 1. The first-order chi connectivity index (χ1) is 11.5. The number of hydrogen-bond acceptors (Lipinski definition) is 4. The molecule has 1 aliphatic rings. The summed E-state index contributed by atoms with van der Waals surface area (Å²) in [5.41, 5.74) is 1.68. The van der Waals surface area contributed by atoms with E-state index >= 15 is 0 Å². The maximum atomic E-state index is 12.3. The van der Waals surface area contributed by atoms with Gasteiger partial charge in [-0.15, -0.1) is 0 Å². The van der Waals surface area contributed by atoms with Gasteiger partial charge in [0.2, 0.25) is 11.8 Å². The fourth-order valence-corrected chi connectivity index (χ4v) is 2.72. The van der Waals surface area contributed by atoms with E-state index in [0.29, 0.717) is 13.1 Å². The zero-order chi connectivity index (χ0) is 17.1. The van der Waals surface area contributed by atoms with Crippen molar-refractivity contribution in [1.82, 2.24) is 20.1 Å². The molecule has 0 aliphatic carbocycles. The highest BCUT2D eigenvalue weighted by molar-refractivity contribution is 6.00. The topological polar surface area (TPSA) is 80.1 Å². The molecule has 0 saturated carbocycles. The van der Waals surface area contributed by atoms with Gasteiger partial charge in [-0.3, -0.25) is 19.3 Å². The van der Waals surface area contributed by atoms with Gasteiger partial charge in [-0.2, -0.15) is 5.10 Å². The van der Waals surface area contributed by atoms with Crippen LogP contribution in [-0.4, -0.2) is 33.1 Å². The summed E-state index contributed by atoms with van der Waals surface area (Å²) in [4.78, 5) is 30.2. The molecule has 3 heterocycles. The molecule has 0 unspecified atom stereocenters. The molecule has 0 spiro atoms. The Hall–Kier alpha value is -2.70. The Morgan fingerprint density at radius 1 is 1.42 bits per heavy atom. The average molecular weight is 327 g/mol. The monoisotopic (exact) mass is 327 g/mol. The van der Waals surface area contributed by atoms with Crippen molar-refractivity contribution in [2.24, 2.45) is 5.92 Å². The van der Waals surface area contributed by atoms with Crippen molar-refractivity contribution in [2.45, 2.75) is 32.9 Å². The summed E-state index contributed by atoms with van der Waals surface area (Å²) in [7, 11) is 0. The summed E-state index contributed by atoms with van der Waals surface area (Å²) in [6.45, 7) is 4.86. The molecule has 3 rings (SSSR count). The lowest BCUT2D eigenvalue weighted by Crippen LogP contribution is -2.32. The Balaban J connectivity index is 1.60. The molecular formula is C17H21N5O2. The normalized spacial score (nSPS) is 17.5. The summed E-state index contributed by atoms with van der Waals surface area (Å²) >= 11 is 0. The Morgan fingerprint density at radius 2 is 2.25 bits per heavy atom. The first-order valence-corrected chi connectivity index (χ1v) is 8.05. The largest absolute Gasteiger partial charge is 0.352 e.